The Labute approximate surface area is 222 Å². The molecule has 0 fully saturated rings. The fraction of sp³-hybridized carbons (Fsp3) is 0. The Morgan fingerprint density at radius 3 is 1.97 bits per heavy atom. The highest BCUT2D eigenvalue weighted by Gasteiger charge is 2.23. The number of rotatable bonds is 1. The highest BCUT2D eigenvalue weighted by atomic mass is 15.0. The van der Waals surface area contributed by atoms with Gasteiger partial charge in [-0.15, -0.1) is 0 Å². The molecule has 10 rings (SSSR count). The summed E-state index contributed by atoms with van der Waals surface area (Å²) in [5.41, 5.74) is 9.85. The smallest absolute Gasteiger partial charge is 0.0628 e. The Morgan fingerprint density at radius 1 is 0.410 bits per heavy atom. The van der Waals surface area contributed by atoms with Crippen LogP contribution in [0.15, 0.2) is 121 Å². The number of nitrogens with zero attached hydrogens (tertiary/aromatic N) is 2. The number of aromatic amines is 1. The molecular weight excluding hydrogens is 474 g/mol. The van der Waals surface area contributed by atoms with E-state index >= 15 is 0 Å². The lowest BCUT2D eigenvalue weighted by Crippen LogP contribution is -1.93. The predicted octanol–water partition coefficient (Wildman–Crippen LogP) is 9.57. The zero-order chi connectivity index (χ0) is 25.2. The number of fused-ring (bicyclic) bond motifs is 13. The zero-order valence-corrected chi connectivity index (χ0v) is 20.9. The van der Waals surface area contributed by atoms with Crippen LogP contribution in [0.2, 0.25) is 0 Å². The van der Waals surface area contributed by atoms with E-state index in [1.165, 1.54) is 87.4 Å². The van der Waals surface area contributed by atoms with Gasteiger partial charge in [-0.05, 0) is 48.5 Å². The number of para-hydroxylation sites is 4. The summed E-state index contributed by atoms with van der Waals surface area (Å²) in [6, 6.07) is 44.3. The Bertz CT molecular complexity index is 2590. The van der Waals surface area contributed by atoms with E-state index < -0.39 is 0 Å². The van der Waals surface area contributed by atoms with Gasteiger partial charge in [0.05, 0.1) is 27.6 Å². The van der Waals surface area contributed by atoms with Crippen LogP contribution in [0.1, 0.15) is 0 Å². The molecule has 0 saturated heterocycles. The van der Waals surface area contributed by atoms with E-state index in [9.17, 15) is 0 Å². The van der Waals surface area contributed by atoms with E-state index in [1.807, 2.05) is 0 Å². The average molecular weight is 496 g/mol. The van der Waals surface area contributed by atoms with Gasteiger partial charge in [-0.3, -0.25) is 0 Å². The van der Waals surface area contributed by atoms with Gasteiger partial charge < -0.3 is 14.0 Å². The lowest BCUT2D eigenvalue weighted by atomic mass is 10.0. The van der Waals surface area contributed by atoms with Crippen LogP contribution in [0, 0.1) is 0 Å². The number of aromatic nitrogens is 3. The monoisotopic (exact) mass is 495 g/mol. The number of hydrogen-bond donors (Lipinski definition) is 1. The van der Waals surface area contributed by atoms with Crippen molar-refractivity contribution in [1.29, 1.82) is 0 Å². The van der Waals surface area contributed by atoms with E-state index in [-0.39, 0.29) is 0 Å². The normalized spacial score (nSPS) is 12.6. The molecule has 180 valence electrons. The molecule has 1 N–H and O–H groups in total. The maximum Gasteiger partial charge on any atom is 0.0628 e. The molecule has 0 saturated carbocycles. The number of H-pyrrole nitrogens is 1. The lowest BCUT2D eigenvalue weighted by molar-refractivity contribution is 1.18. The third-order valence-corrected chi connectivity index (χ3v) is 8.74. The second kappa shape index (κ2) is 6.77. The third kappa shape index (κ3) is 2.31. The molecule has 0 spiro atoms. The van der Waals surface area contributed by atoms with E-state index in [1.54, 1.807) is 0 Å². The van der Waals surface area contributed by atoms with Gasteiger partial charge in [-0.2, -0.15) is 0 Å². The van der Waals surface area contributed by atoms with Crippen LogP contribution in [0.5, 0.6) is 0 Å². The number of hydrogen-bond acceptors (Lipinski definition) is 0. The van der Waals surface area contributed by atoms with Gasteiger partial charge in [0.2, 0.25) is 0 Å². The van der Waals surface area contributed by atoms with E-state index in [2.05, 4.69) is 135 Å². The number of benzene rings is 6. The molecule has 0 amide bonds. The van der Waals surface area contributed by atoms with Crippen molar-refractivity contribution in [3.63, 3.8) is 0 Å². The van der Waals surface area contributed by atoms with Crippen molar-refractivity contribution in [3.8, 4) is 5.69 Å². The number of nitrogens with one attached hydrogen (secondary N) is 1. The summed E-state index contributed by atoms with van der Waals surface area (Å²) in [6.07, 6.45) is 0. The quantitative estimate of drug-likeness (QED) is 0.235. The highest BCUT2D eigenvalue weighted by molar-refractivity contribution is 6.36. The van der Waals surface area contributed by atoms with Crippen molar-refractivity contribution >= 4 is 81.7 Å². The molecule has 0 atom stereocenters. The third-order valence-electron chi connectivity index (χ3n) is 8.74. The molecule has 10 aromatic rings. The van der Waals surface area contributed by atoms with Crippen molar-refractivity contribution in [1.82, 2.24) is 14.0 Å². The molecule has 4 aromatic heterocycles. The second-order valence-electron chi connectivity index (χ2n) is 10.7. The van der Waals surface area contributed by atoms with E-state index in [0.717, 1.165) is 0 Å². The molecule has 6 aromatic carbocycles. The topological polar surface area (TPSA) is 25.1 Å². The van der Waals surface area contributed by atoms with E-state index in [0.29, 0.717) is 0 Å². The molecule has 3 nitrogen and oxygen atoms in total. The molecular formula is C36H21N3. The molecule has 0 radical (unpaired) electrons. The second-order valence-corrected chi connectivity index (χ2v) is 10.7. The first-order valence-corrected chi connectivity index (χ1v) is 13.5. The Morgan fingerprint density at radius 2 is 1.10 bits per heavy atom. The van der Waals surface area contributed by atoms with Crippen molar-refractivity contribution in [2.75, 3.05) is 0 Å². The standard InChI is InChI=1S/C36H21N3/c1-2-10-21(11-3-1)38-30-16-8-5-12-22(30)25-18-26-27-19-29-34(23-13-4-7-15-28(23)37-29)35-24-14-6-9-17-31(24)39(36(27)35)33(26)20-32(25)38/h1-20,37H. The summed E-state index contributed by atoms with van der Waals surface area (Å²) < 4.78 is 4.91. The maximum atomic E-state index is 3.73. The fourth-order valence-electron chi connectivity index (χ4n) is 7.22. The van der Waals surface area contributed by atoms with E-state index in [4.69, 9.17) is 0 Å². The van der Waals surface area contributed by atoms with Crippen LogP contribution in [0.25, 0.3) is 87.4 Å². The van der Waals surface area contributed by atoms with Crippen LogP contribution in [-0.4, -0.2) is 14.0 Å². The van der Waals surface area contributed by atoms with Gasteiger partial charge in [0.1, 0.15) is 0 Å². The SMILES string of the molecule is c1ccc(-n2c3ccccc3c3cc4c5cc6[nH]c7ccccc7c6c6c7ccccc7n(c4cc32)c56)cc1. The maximum absolute atomic E-state index is 3.73. The van der Waals surface area contributed by atoms with Gasteiger partial charge in [0.15, 0.2) is 0 Å². The Hall–Kier alpha value is -5.28. The first-order chi connectivity index (χ1) is 19.4. The van der Waals surface area contributed by atoms with Gasteiger partial charge >= 0.3 is 0 Å². The molecule has 0 aliphatic carbocycles. The molecule has 3 heteroatoms. The van der Waals surface area contributed by atoms with Gasteiger partial charge in [0, 0.05) is 59.8 Å². The van der Waals surface area contributed by atoms with Gasteiger partial charge in [-0.25, -0.2) is 0 Å². The lowest BCUT2D eigenvalue weighted by Gasteiger charge is -2.07. The van der Waals surface area contributed by atoms with Gasteiger partial charge in [-0.1, -0.05) is 72.8 Å². The summed E-state index contributed by atoms with van der Waals surface area (Å²) in [7, 11) is 0. The first-order valence-electron chi connectivity index (χ1n) is 13.5. The van der Waals surface area contributed by atoms with Crippen molar-refractivity contribution < 1.29 is 0 Å². The van der Waals surface area contributed by atoms with Crippen LogP contribution in [0.4, 0.5) is 0 Å². The van der Waals surface area contributed by atoms with Crippen LogP contribution >= 0.6 is 0 Å². The van der Waals surface area contributed by atoms with Crippen LogP contribution in [-0.2, 0) is 0 Å². The Balaban J connectivity index is 1.50. The molecule has 4 heterocycles. The summed E-state index contributed by atoms with van der Waals surface area (Å²) in [5.74, 6) is 0. The average Bonchev–Trinajstić information content (AvgIpc) is 3.71. The minimum absolute atomic E-state index is 1.18. The molecule has 0 bridgehead atoms. The zero-order valence-electron chi connectivity index (χ0n) is 20.9. The van der Waals surface area contributed by atoms with Crippen molar-refractivity contribution in [2.24, 2.45) is 0 Å². The molecule has 0 unspecified atom stereocenters. The molecule has 39 heavy (non-hydrogen) atoms. The highest BCUT2D eigenvalue weighted by Crippen LogP contribution is 2.46. The van der Waals surface area contributed by atoms with Crippen molar-refractivity contribution in [2.45, 2.75) is 0 Å². The molecule has 0 aliphatic heterocycles. The summed E-state index contributed by atoms with van der Waals surface area (Å²) in [6.45, 7) is 0. The summed E-state index contributed by atoms with van der Waals surface area (Å²) in [5, 5.41) is 10.4. The minimum Gasteiger partial charge on any atom is -0.354 e. The Kier molecular flexibility index (Phi) is 3.44. The van der Waals surface area contributed by atoms with Gasteiger partial charge in [0.25, 0.3) is 0 Å². The van der Waals surface area contributed by atoms with Crippen molar-refractivity contribution in [3.05, 3.63) is 121 Å². The fourth-order valence-corrected chi connectivity index (χ4v) is 7.22. The van der Waals surface area contributed by atoms with Crippen LogP contribution in [0.3, 0.4) is 0 Å². The summed E-state index contributed by atoms with van der Waals surface area (Å²) >= 11 is 0. The first kappa shape index (κ1) is 19.8. The largest absolute Gasteiger partial charge is 0.354 e. The molecule has 0 aliphatic rings. The van der Waals surface area contributed by atoms with Crippen LogP contribution < -0.4 is 0 Å². The summed E-state index contributed by atoms with van der Waals surface area (Å²) in [4.78, 5) is 3.73. The minimum atomic E-state index is 1.18. The predicted molar refractivity (Wildman–Crippen MR) is 165 cm³/mol.